The molecule has 7 nitrogen and oxygen atoms in total. The second-order valence-electron chi connectivity index (χ2n) is 10.0. The molecule has 0 aromatic rings. The lowest BCUT2D eigenvalue weighted by atomic mass is 9.98. The maximum absolute atomic E-state index is 11.5. The Bertz CT molecular complexity index is 451. The van der Waals surface area contributed by atoms with E-state index in [1.54, 1.807) is 0 Å². The third-order valence-corrected chi connectivity index (χ3v) is 7.26. The molecule has 4 saturated carbocycles. The predicted molar refractivity (Wildman–Crippen MR) is 130 cm³/mol. The zero-order valence-corrected chi connectivity index (χ0v) is 21.0. The molecule has 0 N–H and O–H groups in total. The lowest BCUT2D eigenvalue weighted by molar-refractivity contribution is -0.0980. The fourth-order valence-corrected chi connectivity index (χ4v) is 5.33. The number of rotatable bonds is 4. The van der Waals surface area contributed by atoms with E-state index >= 15 is 0 Å². The first-order chi connectivity index (χ1) is 16.7. The van der Waals surface area contributed by atoms with Crippen molar-refractivity contribution in [2.45, 2.75) is 153 Å². The molecule has 0 aromatic carbocycles. The van der Waals surface area contributed by atoms with E-state index in [4.69, 9.17) is 23.7 Å². The van der Waals surface area contributed by atoms with Gasteiger partial charge in [-0.2, -0.15) is 0 Å². The van der Waals surface area contributed by atoms with Crippen LogP contribution < -0.4 is 0 Å². The molecule has 0 aromatic heterocycles. The zero-order valence-electron chi connectivity index (χ0n) is 21.0. The fraction of sp³-hybridized carbons (Fsp3) is 0.889. The third-order valence-electron chi connectivity index (χ3n) is 7.26. The van der Waals surface area contributed by atoms with Gasteiger partial charge in [0, 0.05) is 0 Å². The van der Waals surface area contributed by atoms with E-state index in [0.29, 0.717) is 0 Å². The summed E-state index contributed by atoms with van der Waals surface area (Å²) in [6.45, 7) is 2.00. The van der Waals surface area contributed by atoms with Crippen molar-refractivity contribution in [1.29, 1.82) is 0 Å². The van der Waals surface area contributed by atoms with Gasteiger partial charge in [0.2, 0.25) is 0 Å². The van der Waals surface area contributed by atoms with Crippen LogP contribution in [0.15, 0.2) is 0 Å². The molecule has 0 heterocycles. The number of hydrogen-bond donors (Lipinski definition) is 0. The summed E-state index contributed by atoms with van der Waals surface area (Å²) in [6.07, 6.45) is 22.3. The highest BCUT2D eigenvalue weighted by Crippen LogP contribution is 2.25. The molecular weight excluding hydrogens is 436 g/mol. The minimum Gasteiger partial charge on any atom is -0.431 e. The van der Waals surface area contributed by atoms with Crippen molar-refractivity contribution < 1.29 is 33.3 Å². The molecule has 196 valence electrons. The monoisotopic (exact) mass is 482 g/mol. The molecule has 0 bridgehead atoms. The molecule has 4 aliphatic carbocycles. The minimum atomic E-state index is -0.432. The molecule has 34 heavy (non-hydrogen) atoms. The van der Waals surface area contributed by atoms with Gasteiger partial charge in [-0.15, -0.1) is 0 Å². The quantitative estimate of drug-likeness (QED) is 0.385. The summed E-state index contributed by atoms with van der Waals surface area (Å²) >= 11 is 0. The van der Waals surface area contributed by atoms with Crippen LogP contribution in [-0.4, -0.2) is 43.5 Å². The van der Waals surface area contributed by atoms with Gasteiger partial charge in [0.15, 0.2) is 0 Å². The molecule has 0 aliphatic heterocycles. The normalized spacial score (nSPS) is 22.7. The van der Waals surface area contributed by atoms with E-state index in [1.807, 2.05) is 6.79 Å². The molecule has 4 rings (SSSR count). The summed E-state index contributed by atoms with van der Waals surface area (Å²) in [6, 6.07) is 0. The van der Waals surface area contributed by atoms with Crippen molar-refractivity contribution in [3.63, 3.8) is 0 Å². The second-order valence-corrected chi connectivity index (χ2v) is 10.0. The fourth-order valence-electron chi connectivity index (χ4n) is 5.33. The number of hydrogen-bond acceptors (Lipinski definition) is 7. The Morgan fingerprint density at radius 1 is 0.382 bits per heavy atom. The minimum absolute atomic E-state index is 0.116. The van der Waals surface area contributed by atoms with Gasteiger partial charge in [0.05, 0.1) is 0 Å². The lowest BCUT2D eigenvalue weighted by Gasteiger charge is -2.25. The molecule has 0 unspecified atom stereocenters. The summed E-state index contributed by atoms with van der Waals surface area (Å²) in [7, 11) is 0. The smallest absolute Gasteiger partial charge is 0.431 e. The Balaban J connectivity index is 0.000000224. The van der Waals surface area contributed by atoms with Gasteiger partial charge in [0.1, 0.15) is 31.2 Å². The van der Waals surface area contributed by atoms with E-state index in [-0.39, 0.29) is 24.4 Å². The van der Waals surface area contributed by atoms with Gasteiger partial charge >= 0.3 is 12.3 Å². The van der Waals surface area contributed by atoms with Crippen molar-refractivity contribution in [2.24, 2.45) is 0 Å². The number of carbonyl (C=O) groups excluding carboxylic acids is 3. The summed E-state index contributed by atoms with van der Waals surface area (Å²) in [5.41, 5.74) is 0. The highest BCUT2D eigenvalue weighted by atomic mass is 16.7. The van der Waals surface area contributed by atoms with Crippen LogP contribution in [0.3, 0.4) is 0 Å². The van der Waals surface area contributed by atoms with Crippen LogP contribution >= 0.6 is 0 Å². The van der Waals surface area contributed by atoms with Gasteiger partial charge in [-0.1, -0.05) is 25.7 Å². The van der Waals surface area contributed by atoms with E-state index in [0.717, 1.165) is 51.4 Å². The van der Waals surface area contributed by atoms with Crippen LogP contribution in [0.4, 0.5) is 9.59 Å². The predicted octanol–water partition coefficient (Wildman–Crippen LogP) is 7.43. The number of carbonyl (C=O) groups is 3. The van der Waals surface area contributed by atoms with Crippen LogP contribution in [-0.2, 0) is 23.7 Å². The van der Waals surface area contributed by atoms with Gasteiger partial charge in [0.25, 0.3) is 0 Å². The van der Waals surface area contributed by atoms with Crippen LogP contribution in [0.25, 0.3) is 0 Å². The van der Waals surface area contributed by atoms with Crippen LogP contribution in [0, 0.1) is 0 Å². The van der Waals surface area contributed by atoms with Crippen molar-refractivity contribution in [2.75, 3.05) is 0 Å². The first kappa shape index (κ1) is 28.4. The Labute approximate surface area is 205 Å². The maximum atomic E-state index is 11.5. The average molecular weight is 483 g/mol. The van der Waals surface area contributed by atoms with E-state index in [9.17, 15) is 9.59 Å². The first-order valence-corrected chi connectivity index (χ1v) is 13.7. The Kier molecular flexibility index (Phi) is 14.7. The van der Waals surface area contributed by atoms with E-state index < -0.39 is 12.3 Å². The highest BCUT2D eigenvalue weighted by Gasteiger charge is 2.23. The summed E-state index contributed by atoms with van der Waals surface area (Å²) in [5.74, 6) is 0. The van der Waals surface area contributed by atoms with E-state index in [1.165, 1.54) is 77.0 Å². The lowest BCUT2D eigenvalue weighted by Crippen LogP contribution is -2.26. The summed E-state index contributed by atoms with van der Waals surface area (Å²) < 4.78 is 21.3. The molecule has 4 fully saturated rings. The molecule has 0 saturated heterocycles. The second kappa shape index (κ2) is 17.6. The molecule has 0 amide bonds. The first-order valence-electron chi connectivity index (χ1n) is 13.7. The molecule has 0 radical (unpaired) electrons. The SMILES string of the molecule is C=O.O=C(OC1CCCCC1)OC1CCCCC1.O=C(OC1CCCCC1)OC1CCCCC1. The van der Waals surface area contributed by atoms with Crippen molar-refractivity contribution in [1.82, 2.24) is 0 Å². The Morgan fingerprint density at radius 2 is 0.559 bits per heavy atom. The van der Waals surface area contributed by atoms with E-state index in [2.05, 4.69) is 0 Å². The molecule has 0 spiro atoms. The zero-order chi connectivity index (χ0) is 24.4. The van der Waals surface area contributed by atoms with Gasteiger partial charge in [-0.25, -0.2) is 9.59 Å². The third kappa shape index (κ3) is 12.1. The van der Waals surface area contributed by atoms with Crippen molar-refractivity contribution >= 4 is 19.1 Å². The standard InChI is InChI=1S/2C13H22O3.CH2O/c2*14-13(15-11-7-3-1-4-8-11)16-12-9-5-2-6-10-12;1-2/h2*11-12H,1-10H2;1H2. The topological polar surface area (TPSA) is 88.1 Å². The van der Waals surface area contributed by atoms with Crippen LogP contribution in [0.5, 0.6) is 0 Å². The summed E-state index contributed by atoms with van der Waals surface area (Å²) in [4.78, 5) is 31.1. The molecular formula is C27H46O7. The molecule has 0 atom stereocenters. The number of ether oxygens (including phenoxy) is 4. The summed E-state index contributed by atoms with van der Waals surface area (Å²) in [5, 5.41) is 0. The van der Waals surface area contributed by atoms with Gasteiger partial charge in [-0.05, 0) is 103 Å². The largest absolute Gasteiger partial charge is 0.508 e. The Hall–Kier alpha value is -1.79. The maximum Gasteiger partial charge on any atom is 0.508 e. The van der Waals surface area contributed by atoms with Gasteiger partial charge < -0.3 is 23.7 Å². The van der Waals surface area contributed by atoms with Crippen molar-refractivity contribution in [3.8, 4) is 0 Å². The van der Waals surface area contributed by atoms with Crippen LogP contribution in [0.2, 0.25) is 0 Å². The average Bonchev–Trinajstić information content (AvgIpc) is 2.88. The van der Waals surface area contributed by atoms with Crippen LogP contribution in [0.1, 0.15) is 128 Å². The van der Waals surface area contributed by atoms with Gasteiger partial charge in [-0.3, -0.25) is 0 Å². The highest BCUT2D eigenvalue weighted by molar-refractivity contribution is 5.60. The Morgan fingerprint density at radius 3 is 0.735 bits per heavy atom. The molecule has 7 heteroatoms. The molecule has 4 aliphatic rings. The van der Waals surface area contributed by atoms with Crippen molar-refractivity contribution in [3.05, 3.63) is 0 Å².